The summed E-state index contributed by atoms with van der Waals surface area (Å²) >= 11 is 0. The van der Waals surface area contributed by atoms with E-state index < -0.39 is 0 Å². The zero-order chi connectivity index (χ0) is 5.28. The van der Waals surface area contributed by atoms with Gasteiger partial charge in [-0.05, 0) is 0 Å². The first-order valence-corrected chi connectivity index (χ1v) is 1.85. The van der Waals surface area contributed by atoms with Crippen LogP contribution in [-0.4, -0.2) is 16.9 Å². The lowest BCUT2D eigenvalue weighted by Crippen LogP contribution is -2.07. The molecule has 0 radical (unpaired) electrons. The molecule has 1 aromatic heterocycles. The van der Waals surface area contributed by atoms with Crippen LogP contribution in [0.25, 0.3) is 0 Å². The molecule has 0 bridgehead atoms. The smallest absolute Gasteiger partial charge is 0.0704 e. The molecule has 1 N–H and O–H groups in total. The second-order valence-corrected chi connectivity index (χ2v) is 1.11. The van der Waals surface area contributed by atoms with E-state index in [2.05, 4.69) is 15.1 Å². The van der Waals surface area contributed by atoms with Crippen molar-refractivity contribution < 1.29 is 9.47 Å². The monoisotopic (exact) mass is 105 g/mol. The van der Waals surface area contributed by atoms with Gasteiger partial charge in [-0.25, -0.2) is 4.63 Å². The third kappa shape index (κ3) is 0.774. The lowest BCUT2D eigenvalue weighted by atomic mass is 11.5. The molecular formula is C2H7N3O2. The topological polar surface area (TPSA) is 44.3 Å². The van der Waals surface area contributed by atoms with Gasteiger partial charge in [-0.15, -0.1) is 0 Å². The fourth-order valence-electron chi connectivity index (χ4n) is 0.248. The van der Waals surface area contributed by atoms with Crippen molar-refractivity contribution >= 4 is 0 Å². The molecule has 0 saturated heterocycles. The highest BCUT2D eigenvalue weighted by atomic mass is 16.9. The third-order valence-corrected chi connectivity index (χ3v) is 0.596. The van der Waals surface area contributed by atoms with Crippen LogP contribution in [0.2, 0.25) is 0 Å². The van der Waals surface area contributed by atoms with Crippen LogP contribution in [0.1, 0.15) is 0 Å². The Bertz CT molecular complexity index is 128. The van der Waals surface area contributed by atoms with Crippen molar-refractivity contribution in [1.29, 1.82) is 0 Å². The molecule has 1 heterocycles. The van der Waals surface area contributed by atoms with Crippen LogP contribution in [0.15, 0.2) is 4.63 Å². The standard InChI is InChI=1S/C2H7N3O2/c1-4-5(7-4)3-6-2/h3H,1-2H3. The maximum atomic E-state index is 4.59. The van der Waals surface area contributed by atoms with Crippen molar-refractivity contribution in [2.45, 2.75) is 0 Å². The average molecular weight is 105 g/mol. The van der Waals surface area contributed by atoms with E-state index in [1.807, 2.05) is 0 Å². The Morgan fingerprint density at radius 3 is 2.43 bits per heavy atom. The lowest BCUT2D eigenvalue weighted by Gasteiger charge is -1.86. The average Bonchev–Trinajstić information content (AvgIpc) is 2.22. The van der Waals surface area contributed by atoms with Crippen LogP contribution in [-0.2, 0) is 11.9 Å². The van der Waals surface area contributed by atoms with E-state index in [1.54, 1.807) is 7.05 Å². The second-order valence-electron chi connectivity index (χ2n) is 1.11. The minimum Gasteiger partial charge on any atom is -0.260 e. The molecule has 0 fully saturated rings. The predicted molar refractivity (Wildman–Crippen MR) is 22.0 cm³/mol. The quantitative estimate of drug-likeness (QED) is 0.517. The van der Waals surface area contributed by atoms with Crippen LogP contribution in [0.5, 0.6) is 0 Å². The predicted octanol–water partition coefficient (Wildman–Crippen LogP) is -0.476. The number of nitrogens with one attached hydrogen (secondary N) is 1. The molecule has 0 amide bonds. The summed E-state index contributed by atoms with van der Waals surface area (Å²) in [6.45, 7) is 0. The molecule has 5 heteroatoms. The molecule has 42 valence electrons. The molecule has 0 aliphatic carbocycles. The van der Waals surface area contributed by atoms with Crippen LogP contribution in [0.3, 0.4) is 0 Å². The highest BCUT2D eigenvalue weighted by Gasteiger charge is 1.99. The fourth-order valence-corrected chi connectivity index (χ4v) is 0.248. The van der Waals surface area contributed by atoms with Gasteiger partial charge in [-0.3, -0.25) is 4.84 Å². The van der Waals surface area contributed by atoms with Gasteiger partial charge >= 0.3 is 0 Å². The van der Waals surface area contributed by atoms with E-state index >= 15 is 0 Å². The maximum absolute atomic E-state index is 4.59. The van der Waals surface area contributed by atoms with Gasteiger partial charge in [0.05, 0.1) is 14.2 Å². The molecule has 0 atom stereocenters. The number of nitrogens with zero attached hydrogens (tertiary/aromatic N) is 2. The molecule has 0 unspecified atom stereocenters. The number of aryl methyl sites for hydroxylation is 1. The Hall–Kier alpha value is -0.840. The summed E-state index contributed by atoms with van der Waals surface area (Å²) in [5, 5.41) is 0. The van der Waals surface area contributed by atoms with Crippen molar-refractivity contribution in [3.8, 4) is 0 Å². The summed E-state index contributed by atoms with van der Waals surface area (Å²) < 4.78 is 4.59. The maximum Gasteiger partial charge on any atom is 0.0704 e. The van der Waals surface area contributed by atoms with E-state index in [1.165, 1.54) is 16.9 Å². The Morgan fingerprint density at radius 2 is 2.29 bits per heavy atom. The van der Waals surface area contributed by atoms with Crippen molar-refractivity contribution in [3.05, 3.63) is 0 Å². The summed E-state index contributed by atoms with van der Waals surface area (Å²) in [7, 11) is 3.25. The zero-order valence-electron chi connectivity index (χ0n) is 4.21. The van der Waals surface area contributed by atoms with Crippen molar-refractivity contribution in [2.24, 2.45) is 7.05 Å². The van der Waals surface area contributed by atoms with E-state index in [-0.39, 0.29) is 0 Å². The van der Waals surface area contributed by atoms with E-state index in [4.69, 9.17) is 0 Å². The Balaban J connectivity index is 2.23. The van der Waals surface area contributed by atoms with E-state index in [0.717, 1.165) is 0 Å². The first-order chi connectivity index (χ1) is 3.34. The molecule has 0 spiro atoms. The summed E-state index contributed by atoms with van der Waals surface area (Å²) in [6, 6.07) is 0. The van der Waals surface area contributed by atoms with Crippen molar-refractivity contribution in [3.63, 3.8) is 0 Å². The molecular weight excluding hydrogens is 98.0 g/mol. The molecule has 0 saturated carbocycles. The van der Waals surface area contributed by atoms with Crippen LogP contribution in [0.4, 0.5) is 0 Å². The molecule has 0 aliphatic heterocycles. The van der Waals surface area contributed by atoms with Gasteiger partial charge in [0.25, 0.3) is 0 Å². The zero-order valence-corrected chi connectivity index (χ0v) is 4.21. The number of hydrogen-bond donors (Lipinski definition) is 1. The molecule has 1 rings (SSSR count). The van der Waals surface area contributed by atoms with Gasteiger partial charge in [0.1, 0.15) is 0 Å². The van der Waals surface area contributed by atoms with Crippen LogP contribution < -0.4 is 5.59 Å². The first kappa shape index (κ1) is 4.32. The highest BCUT2D eigenvalue weighted by molar-refractivity contribution is 4.30. The molecule has 0 aromatic carbocycles. The Labute approximate surface area is 40.3 Å². The summed E-state index contributed by atoms with van der Waals surface area (Å²) in [5.74, 6) is 0. The Kier molecular flexibility index (Phi) is 0.828. The normalized spacial score (nSPS) is 10.0. The number of rotatable bonds is 2. The van der Waals surface area contributed by atoms with Crippen molar-refractivity contribution in [2.75, 3.05) is 12.7 Å². The van der Waals surface area contributed by atoms with Gasteiger partial charge < -0.3 is 0 Å². The first-order valence-electron chi connectivity index (χ1n) is 1.85. The minimum atomic E-state index is 1.33. The number of aromatic nitrogens is 2. The number of hydrogen-bond acceptors (Lipinski definition) is 3. The van der Waals surface area contributed by atoms with Crippen LogP contribution >= 0.6 is 0 Å². The lowest BCUT2D eigenvalue weighted by molar-refractivity contribution is 0.196. The molecule has 1 aromatic rings. The second kappa shape index (κ2) is 1.34. The minimum absolute atomic E-state index is 1.33. The van der Waals surface area contributed by atoms with Gasteiger partial charge in [0, 0.05) is 4.96 Å². The summed E-state index contributed by atoms with van der Waals surface area (Å²) in [4.78, 5) is 7.25. The van der Waals surface area contributed by atoms with Gasteiger partial charge in [-0.1, -0.05) is 4.85 Å². The van der Waals surface area contributed by atoms with Gasteiger partial charge in [-0.2, -0.15) is 5.59 Å². The summed E-state index contributed by atoms with van der Waals surface area (Å²) in [5.41, 5.74) is 2.41. The summed E-state index contributed by atoms with van der Waals surface area (Å²) in [6.07, 6.45) is 0. The SMILES string of the molecule is CONn1on1C. The van der Waals surface area contributed by atoms with Gasteiger partial charge in [0.2, 0.25) is 0 Å². The van der Waals surface area contributed by atoms with Crippen LogP contribution in [0, 0.1) is 0 Å². The van der Waals surface area contributed by atoms with E-state index in [9.17, 15) is 0 Å². The largest absolute Gasteiger partial charge is 0.260 e. The molecule has 5 nitrogen and oxygen atoms in total. The molecule has 7 heavy (non-hydrogen) atoms. The van der Waals surface area contributed by atoms with Gasteiger partial charge in [0.15, 0.2) is 0 Å². The Morgan fingerprint density at radius 1 is 1.71 bits per heavy atom. The van der Waals surface area contributed by atoms with E-state index in [0.29, 0.717) is 0 Å². The highest BCUT2D eigenvalue weighted by Crippen LogP contribution is 1.84. The molecule has 0 aliphatic rings. The third-order valence-electron chi connectivity index (χ3n) is 0.596. The van der Waals surface area contributed by atoms with Crippen molar-refractivity contribution in [1.82, 2.24) is 9.82 Å². The fraction of sp³-hybridized carbons (Fsp3) is 1.00.